The van der Waals surface area contributed by atoms with Crippen molar-refractivity contribution in [2.45, 2.75) is 30.7 Å². The third-order valence-corrected chi connectivity index (χ3v) is 6.69. The number of esters is 1. The molecular formula is C17H21NO5S. The minimum Gasteiger partial charge on any atom is -0.455 e. The first-order chi connectivity index (χ1) is 11.3. The Morgan fingerprint density at radius 1 is 1.25 bits per heavy atom. The van der Waals surface area contributed by atoms with Crippen molar-refractivity contribution < 1.29 is 22.7 Å². The molecule has 6 nitrogen and oxygen atoms in total. The standard InChI is InChI=1S/C17H21NO5S/c1-18(14-7-10-24(21,22)12-14)15(19)11-23-16(20)17(8-9-17)13-5-3-2-4-6-13/h2-6,14H,7-12H2,1H3. The van der Waals surface area contributed by atoms with Crippen LogP contribution < -0.4 is 0 Å². The van der Waals surface area contributed by atoms with Crippen molar-refractivity contribution >= 4 is 21.7 Å². The lowest BCUT2D eigenvalue weighted by molar-refractivity contribution is -0.154. The maximum Gasteiger partial charge on any atom is 0.317 e. The van der Waals surface area contributed by atoms with Crippen molar-refractivity contribution in [3.8, 4) is 0 Å². The molecule has 1 aliphatic heterocycles. The van der Waals surface area contributed by atoms with E-state index in [4.69, 9.17) is 4.74 Å². The summed E-state index contributed by atoms with van der Waals surface area (Å²) in [7, 11) is -1.49. The Morgan fingerprint density at radius 3 is 2.46 bits per heavy atom. The van der Waals surface area contributed by atoms with Crippen molar-refractivity contribution in [3.05, 3.63) is 35.9 Å². The smallest absolute Gasteiger partial charge is 0.317 e. The van der Waals surface area contributed by atoms with Gasteiger partial charge in [-0.15, -0.1) is 0 Å². The number of carbonyl (C=O) groups excluding carboxylic acids is 2. The Kier molecular flexibility index (Phi) is 4.38. The summed E-state index contributed by atoms with van der Waals surface area (Å²) in [6, 6.07) is 9.10. The van der Waals surface area contributed by atoms with E-state index < -0.39 is 15.3 Å². The van der Waals surface area contributed by atoms with Gasteiger partial charge in [0.1, 0.15) is 0 Å². The van der Waals surface area contributed by atoms with Gasteiger partial charge in [0.2, 0.25) is 0 Å². The Labute approximate surface area is 141 Å². The van der Waals surface area contributed by atoms with Crippen molar-refractivity contribution in [2.75, 3.05) is 25.2 Å². The van der Waals surface area contributed by atoms with Crippen molar-refractivity contribution in [1.82, 2.24) is 4.90 Å². The van der Waals surface area contributed by atoms with Gasteiger partial charge in [0.05, 0.1) is 16.9 Å². The maximum absolute atomic E-state index is 12.4. The number of likely N-dealkylation sites (N-methyl/N-ethyl adjacent to an activating group) is 1. The molecule has 2 fully saturated rings. The van der Waals surface area contributed by atoms with E-state index in [9.17, 15) is 18.0 Å². The lowest BCUT2D eigenvalue weighted by atomic mass is 9.96. The first-order valence-electron chi connectivity index (χ1n) is 8.03. The summed E-state index contributed by atoms with van der Waals surface area (Å²) in [6.45, 7) is -0.347. The predicted octanol–water partition coefficient (Wildman–Crippen LogP) is 0.907. The normalized spacial score (nSPS) is 23.5. The predicted molar refractivity (Wildman–Crippen MR) is 88.1 cm³/mol. The average molecular weight is 351 g/mol. The molecule has 1 heterocycles. The van der Waals surface area contributed by atoms with E-state index >= 15 is 0 Å². The van der Waals surface area contributed by atoms with Gasteiger partial charge in [-0.05, 0) is 24.8 Å². The molecule has 1 aromatic rings. The van der Waals surface area contributed by atoms with Crippen LogP contribution in [-0.4, -0.2) is 56.4 Å². The highest BCUT2D eigenvalue weighted by Crippen LogP contribution is 2.49. The molecule has 1 amide bonds. The summed E-state index contributed by atoms with van der Waals surface area (Å²) in [5.41, 5.74) is 0.300. The molecule has 2 aliphatic rings. The molecule has 24 heavy (non-hydrogen) atoms. The van der Waals surface area contributed by atoms with Gasteiger partial charge < -0.3 is 9.64 Å². The third-order valence-electron chi connectivity index (χ3n) is 4.94. The zero-order valence-electron chi connectivity index (χ0n) is 13.6. The zero-order chi connectivity index (χ0) is 17.4. The Hall–Kier alpha value is -1.89. The number of hydrogen-bond donors (Lipinski definition) is 0. The van der Waals surface area contributed by atoms with Crippen LogP contribution in [0.5, 0.6) is 0 Å². The Bertz CT molecular complexity index is 740. The van der Waals surface area contributed by atoms with Crippen LogP contribution in [0.1, 0.15) is 24.8 Å². The fourth-order valence-corrected chi connectivity index (χ4v) is 4.92. The highest BCUT2D eigenvalue weighted by atomic mass is 32.2. The van der Waals surface area contributed by atoms with E-state index in [0.29, 0.717) is 6.42 Å². The van der Waals surface area contributed by atoms with E-state index in [0.717, 1.165) is 18.4 Å². The van der Waals surface area contributed by atoms with Gasteiger partial charge in [-0.1, -0.05) is 30.3 Å². The molecule has 1 aromatic carbocycles. The Morgan fingerprint density at radius 2 is 1.92 bits per heavy atom. The highest BCUT2D eigenvalue weighted by Gasteiger charge is 2.52. The molecule has 1 saturated carbocycles. The van der Waals surface area contributed by atoms with Crippen molar-refractivity contribution in [2.24, 2.45) is 0 Å². The fraction of sp³-hybridized carbons (Fsp3) is 0.529. The number of hydrogen-bond acceptors (Lipinski definition) is 5. The number of amides is 1. The van der Waals surface area contributed by atoms with Gasteiger partial charge in [0, 0.05) is 13.1 Å². The first kappa shape index (κ1) is 17.0. The summed E-state index contributed by atoms with van der Waals surface area (Å²) >= 11 is 0. The number of benzene rings is 1. The fourth-order valence-electron chi connectivity index (χ4n) is 3.14. The Balaban J connectivity index is 1.56. The van der Waals surface area contributed by atoms with Crippen molar-refractivity contribution in [1.29, 1.82) is 0 Å². The quantitative estimate of drug-likeness (QED) is 0.737. The summed E-state index contributed by atoms with van der Waals surface area (Å²) in [6.07, 6.45) is 1.88. The molecule has 3 rings (SSSR count). The second-order valence-corrected chi connectivity index (χ2v) is 8.81. The molecule has 0 N–H and O–H groups in total. The number of ether oxygens (including phenoxy) is 1. The summed E-state index contributed by atoms with van der Waals surface area (Å²) < 4.78 is 28.3. The maximum atomic E-state index is 12.4. The molecule has 0 aromatic heterocycles. The van der Waals surface area contributed by atoms with Crippen molar-refractivity contribution in [3.63, 3.8) is 0 Å². The van der Waals surface area contributed by atoms with Gasteiger partial charge >= 0.3 is 5.97 Å². The minimum absolute atomic E-state index is 0.0167. The van der Waals surface area contributed by atoms with Crippen LogP contribution in [0.3, 0.4) is 0 Å². The van der Waals surface area contributed by atoms with Crippen LogP contribution in [-0.2, 0) is 29.6 Å². The van der Waals surface area contributed by atoms with Crippen LogP contribution >= 0.6 is 0 Å². The van der Waals surface area contributed by atoms with Crippen LogP contribution in [0.25, 0.3) is 0 Å². The molecule has 0 spiro atoms. The number of sulfone groups is 1. The van der Waals surface area contributed by atoms with Crippen LogP contribution in [0, 0.1) is 0 Å². The molecule has 1 aliphatic carbocycles. The lowest BCUT2D eigenvalue weighted by Gasteiger charge is -2.23. The monoisotopic (exact) mass is 351 g/mol. The van der Waals surface area contributed by atoms with Gasteiger partial charge in [-0.2, -0.15) is 0 Å². The molecule has 7 heteroatoms. The first-order valence-corrected chi connectivity index (χ1v) is 9.85. The summed E-state index contributed by atoms with van der Waals surface area (Å²) in [5, 5.41) is 0. The molecule has 130 valence electrons. The lowest BCUT2D eigenvalue weighted by Crippen LogP contribution is -2.41. The van der Waals surface area contributed by atoms with E-state index in [1.54, 1.807) is 7.05 Å². The van der Waals surface area contributed by atoms with E-state index in [1.165, 1.54) is 4.90 Å². The molecular weight excluding hydrogens is 330 g/mol. The van der Waals surface area contributed by atoms with Gasteiger partial charge in [0.15, 0.2) is 16.4 Å². The zero-order valence-corrected chi connectivity index (χ0v) is 14.4. The van der Waals surface area contributed by atoms with Crippen LogP contribution in [0.2, 0.25) is 0 Å². The summed E-state index contributed by atoms with van der Waals surface area (Å²) in [4.78, 5) is 26.0. The topological polar surface area (TPSA) is 80.8 Å². The second-order valence-electron chi connectivity index (χ2n) is 6.59. The SMILES string of the molecule is CN(C(=O)COC(=O)C1(c2ccccc2)CC1)C1CCS(=O)(=O)C1. The second kappa shape index (κ2) is 6.20. The van der Waals surface area contributed by atoms with Gasteiger partial charge in [0.25, 0.3) is 5.91 Å². The third kappa shape index (κ3) is 3.31. The number of carbonyl (C=O) groups is 2. The molecule has 1 unspecified atom stereocenters. The molecule has 0 bridgehead atoms. The average Bonchev–Trinajstić information content (AvgIpc) is 3.31. The van der Waals surface area contributed by atoms with Crippen LogP contribution in [0.15, 0.2) is 30.3 Å². The van der Waals surface area contributed by atoms with E-state index in [-0.39, 0.29) is 36.0 Å². The van der Waals surface area contributed by atoms with E-state index in [2.05, 4.69) is 0 Å². The van der Waals surface area contributed by atoms with E-state index in [1.807, 2.05) is 30.3 Å². The number of rotatable bonds is 5. The largest absolute Gasteiger partial charge is 0.455 e. The summed E-state index contributed by atoms with van der Waals surface area (Å²) in [5.74, 6) is -0.660. The van der Waals surface area contributed by atoms with Gasteiger partial charge in [-0.3, -0.25) is 9.59 Å². The minimum atomic E-state index is -3.06. The van der Waals surface area contributed by atoms with Gasteiger partial charge in [-0.25, -0.2) is 8.42 Å². The van der Waals surface area contributed by atoms with Crippen LogP contribution in [0.4, 0.5) is 0 Å². The molecule has 1 atom stereocenters. The number of nitrogens with zero attached hydrogens (tertiary/aromatic N) is 1. The molecule has 0 radical (unpaired) electrons. The highest BCUT2D eigenvalue weighted by molar-refractivity contribution is 7.91. The molecule has 1 saturated heterocycles.